The minimum atomic E-state index is -1.02. The van der Waals surface area contributed by atoms with Crippen molar-refractivity contribution in [2.75, 3.05) is 31.5 Å². The number of benzene rings is 2. The molecule has 4 N–H and O–H groups in total. The van der Waals surface area contributed by atoms with Crippen molar-refractivity contribution in [1.29, 1.82) is 0 Å². The molecular weight excluding hydrogens is 382 g/mol. The first-order valence-corrected chi connectivity index (χ1v) is 9.95. The van der Waals surface area contributed by atoms with E-state index < -0.39 is 18.1 Å². The Kier molecular flexibility index (Phi) is 7.03. The second kappa shape index (κ2) is 9.89. The highest BCUT2D eigenvalue weighted by Gasteiger charge is 2.42. The number of nitrogens with two attached hydrogens (primary N) is 1. The van der Waals surface area contributed by atoms with Crippen LogP contribution in [0.5, 0.6) is 0 Å². The number of carbonyl (C=O) groups excluding carboxylic acids is 3. The van der Waals surface area contributed by atoms with Crippen LogP contribution in [0.2, 0.25) is 0 Å². The Balaban J connectivity index is 1.77. The quantitative estimate of drug-likeness (QED) is 0.669. The lowest BCUT2D eigenvalue weighted by atomic mass is 10.1. The molecule has 2 aromatic carbocycles. The van der Waals surface area contributed by atoms with Gasteiger partial charge in [-0.2, -0.15) is 0 Å². The van der Waals surface area contributed by atoms with Gasteiger partial charge in [-0.3, -0.25) is 14.5 Å². The van der Waals surface area contributed by atoms with Crippen molar-refractivity contribution in [2.24, 2.45) is 5.73 Å². The molecule has 0 radical (unpaired) electrons. The summed E-state index contributed by atoms with van der Waals surface area (Å²) in [6, 6.07) is 16.3. The SMILES string of the molecule is Cc1cccc(NC(=O)N2CCN(C(=O)Cc3ccccc3)C2C(=O)NCCN)c1. The van der Waals surface area contributed by atoms with Crippen LogP contribution in [0.4, 0.5) is 10.5 Å². The van der Waals surface area contributed by atoms with Crippen molar-refractivity contribution in [2.45, 2.75) is 19.5 Å². The second-order valence-electron chi connectivity index (χ2n) is 7.20. The van der Waals surface area contributed by atoms with Crippen LogP contribution in [0.1, 0.15) is 11.1 Å². The molecule has 1 aliphatic heterocycles. The molecule has 3 rings (SSSR count). The van der Waals surface area contributed by atoms with E-state index in [9.17, 15) is 14.4 Å². The highest BCUT2D eigenvalue weighted by Crippen LogP contribution is 2.19. The molecule has 2 aromatic rings. The van der Waals surface area contributed by atoms with Gasteiger partial charge >= 0.3 is 6.03 Å². The zero-order valence-electron chi connectivity index (χ0n) is 17.0. The number of nitrogens with zero attached hydrogens (tertiary/aromatic N) is 2. The number of rotatable bonds is 6. The summed E-state index contributed by atoms with van der Waals surface area (Å²) < 4.78 is 0. The maximum Gasteiger partial charge on any atom is 0.323 e. The molecule has 8 nitrogen and oxygen atoms in total. The fourth-order valence-electron chi connectivity index (χ4n) is 3.46. The van der Waals surface area contributed by atoms with E-state index >= 15 is 0 Å². The van der Waals surface area contributed by atoms with Crippen LogP contribution in [-0.4, -0.2) is 60.0 Å². The van der Waals surface area contributed by atoms with E-state index in [1.807, 2.05) is 55.5 Å². The third kappa shape index (κ3) is 5.15. The fraction of sp³-hybridized carbons (Fsp3) is 0.318. The topological polar surface area (TPSA) is 108 Å². The maximum absolute atomic E-state index is 12.9. The molecule has 1 unspecified atom stereocenters. The number of carbonyl (C=O) groups is 3. The Labute approximate surface area is 176 Å². The highest BCUT2D eigenvalue weighted by molar-refractivity contribution is 5.96. The summed E-state index contributed by atoms with van der Waals surface area (Å²) in [6.45, 7) is 3.01. The van der Waals surface area contributed by atoms with Gasteiger partial charge < -0.3 is 21.3 Å². The molecule has 0 aromatic heterocycles. The Morgan fingerprint density at radius 2 is 1.77 bits per heavy atom. The average Bonchev–Trinajstić information content (AvgIpc) is 3.18. The van der Waals surface area contributed by atoms with E-state index in [4.69, 9.17) is 5.73 Å². The maximum atomic E-state index is 12.9. The third-order valence-electron chi connectivity index (χ3n) is 4.90. The summed E-state index contributed by atoms with van der Waals surface area (Å²) >= 11 is 0. The zero-order valence-corrected chi connectivity index (χ0v) is 17.0. The smallest absolute Gasteiger partial charge is 0.323 e. The average molecular weight is 409 g/mol. The molecule has 0 spiro atoms. The van der Waals surface area contributed by atoms with Crippen LogP contribution in [-0.2, 0) is 16.0 Å². The molecule has 1 heterocycles. The first kappa shape index (κ1) is 21.3. The number of urea groups is 1. The van der Waals surface area contributed by atoms with Crippen LogP contribution >= 0.6 is 0 Å². The van der Waals surface area contributed by atoms with Crippen LogP contribution in [0.3, 0.4) is 0 Å². The standard InChI is InChI=1S/C22H27N5O3/c1-16-6-5-9-18(14-16)25-22(30)27-13-12-26(21(27)20(29)24-11-10-23)19(28)15-17-7-3-2-4-8-17/h2-9,14,21H,10-13,15,23H2,1H3,(H,24,29)(H,25,30). The fourth-order valence-corrected chi connectivity index (χ4v) is 3.46. The van der Waals surface area contributed by atoms with Gasteiger partial charge in [0.1, 0.15) is 0 Å². The van der Waals surface area contributed by atoms with Gasteiger partial charge in [-0.15, -0.1) is 0 Å². The normalized spacial score (nSPS) is 15.7. The lowest BCUT2D eigenvalue weighted by molar-refractivity contribution is -0.140. The Morgan fingerprint density at radius 3 is 2.47 bits per heavy atom. The Morgan fingerprint density at radius 1 is 1.03 bits per heavy atom. The molecule has 30 heavy (non-hydrogen) atoms. The summed E-state index contributed by atoms with van der Waals surface area (Å²) in [5, 5.41) is 5.52. The summed E-state index contributed by atoms with van der Waals surface area (Å²) in [5.74, 6) is -0.626. The molecule has 8 heteroatoms. The molecule has 158 valence electrons. The first-order chi connectivity index (χ1) is 14.5. The number of hydrogen-bond acceptors (Lipinski definition) is 4. The van der Waals surface area contributed by atoms with Crippen LogP contribution < -0.4 is 16.4 Å². The van der Waals surface area contributed by atoms with Crippen molar-refractivity contribution in [3.8, 4) is 0 Å². The van der Waals surface area contributed by atoms with Gasteiger partial charge in [0.15, 0.2) is 6.17 Å². The highest BCUT2D eigenvalue weighted by atomic mass is 16.2. The van der Waals surface area contributed by atoms with Crippen LogP contribution in [0, 0.1) is 6.92 Å². The second-order valence-corrected chi connectivity index (χ2v) is 7.20. The number of nitrogens with one attached hydrogen (secondary N) is 2. The van der Waals surface area contributed by atoms with Crippen molar-refractivity contribution in [3.63, 3.8) is 0 Å². The molecule has 1 aliphatic rings. The molecule has 1 atom stereocenters. The van der Waals surface area contributed by atoms with Crippen LogP contribution in [0.25, 0.3) is 0 Å². The van der Waals surface area contributed by atoms with Gasteiger partial charge in [-0.1, -0.05) is 42.5 Å². The van der Waals surface area contributed by atoms with E-state index in [1.54, 1.807) is 6.07 Å². The number of aryl methyl sites for hydroxylation is 1. The van der Waals surface area contributed by atoms with Crippen molar-refractivity contribution in [3.05, 3.63) is 65.7 Å². The van der Waals surface area contributed by atoms with E-state index in [0.29, 0.717) is 5.69 Å². The summed E-state index contributed by atoms with van der Waals surface area (Å²) in [6.07, 6.45) is -0.855. The molecule has 0 saturated carbocycles. The van der Waals surface area contributed by atoms with E-state index in [-0.39, 0.29) is 38.5 Å². The van der Waals surface area contributed by atoms with Gasteiger partial charge in [-0.25, -0.2) is 4.79 Å². The van der Waals surface area contributed by atoms with Gasteiger partial charge in [0.25, 0.3) is 5.91 Å². The summed E-state index contributed by atoms with van der Waals surface area (Å²) in [4.78, 5) is 41.5. The van der Waals surface area contributed by atoms with Gasteiger partial charge in [0, 0.05) is 31.9 Å². The monoisotopic (exact) mass is 409 g/mol. The van der Waals surface area contributed by atoms with E-state index in [2.05, 4.69) is 10.6 Å². The van der Waals surface area contributed by atoms with Crippen molar-refractivity contribution in [1.82, 2.24) is 15.1 Å². The zero-order chi connectivity index (χ0) is 21.5. The van der Waals surface area contributed by atoms with E-state index in [1.165, 1.54) is 9.80 Å². The van der Waals surface area contributed by atoms with Gasteiger partial charge in [0.05, 0.1) is 6.42 Å². The van der Waals surface area contributed by atoms with Crippen molar-refractivity contribution >= 4 is 23.5 Å². The largest absolute Gasteiger partial charge is 0.351 e. The lowest BCUT2D eigenvalue weighted by Gasteiger charge is -2.29. The number of hydrogen-bond donors (Lipinski definition) is 3. The van der Waals surface area contributed by atoms with Crippen molar-refractivity contribution < 1.29 is 14.4 Å². The third-order valence-corrected chi connectivity index (χ3v) is 4.90. The van der Waals surface area contributed by atoms with Gasteiger partial charge in [-0.05, 0) is 30.2 Å². The molecule has 0 bridgehead atoms. The van der Waals surface area contributed by atoms with E-state index in [0.717, 1.165) is 11.1 Å². The van der Waals surface area contributed by atoms with Crippen LogP contribution in [0.15, 0.2) is 54.6 Å². The molecular formula is C22H27N5O3. The molecule has 0 aliphatic carbocycles. The minimum Gasteiger partial charge on any atom is -0.351 e. The predicted octanol–water partition coefficient (Wildman–Crippen LogP) is 1.31. The molecule has 1 fully saturated rings. The predicted molar refractivity (Wildman–Crippen MR) is 115 cm³/mol. The number of anilines is 1. The van der Waals surface area contributed by atoms with Gasteiger partial charge in [0.2, 0.25) is 5.91 Å². The lowest BCUT2D eigenvalue weighted by Crippen LogP contribution is -2.55. The molecule has 1 saturated heterocycles. The first-order valence-electron chi connectivity index (χ1n) is 9.95. The molecule has 4 amide bonds. The minimum absolute atomic E-state index is 0.162. The number of amides is 4. The Hall–Kier alpha value is -3.39. The summed E-state index contributed by atoms with van der Waals surface area (Å²) in [7, 11) is 0. The summed E-state index contributed by atoms with van der Waals surface area (Å²) in [5.41, 5.74) is 7.99. The Bertz CT molecular complexity index is 903.